The van der Waals surface area contributed by atoms with Crippen molar-refractivity contribution in [3.8, 4) is 0 Å². The van der Waals surface area contributed by atoms with Crippen LogP contribution in [0.5, 0.6) is 0 Å². The molecular formula is C8H12O2. The van der Waals surface area contributed by atoms with E-state index in [-0.39, 0.29) is 0 Å². The fourth-order valence-corrected chi connectivity index (χ4v) is 0.534. The van der Waals surface area contributed by atoms with Gasteiger partial charge in [-0.05, 0) is 13.8 Å². The summed E-state index contributed by atoms with van der Waals surface area (Å²) in [6.45, 7) is 6.97. The highest BCUT2D eigenvalue weighted by atomic mass is 16.4. The van der Waals surface area contributed by atoms with E-state index in [1.807, 2.05) is 6.92 Å². The van der Waals surface area contributed by atoms with Crippen LogP contribution in [0.1, 0.15) is 13.8 Å². The zero-order chi connectivity index (χ0) is 8.15. The second-order valence-electron chi connectivity index (χ2n) is 2.24. The number of aliphatic carboxylic acids is 1. The average molecular weight is 140 g/mol. The lowest BCUT2D eigenvalue weighted by atomic mass is 10.1. The molecule has 0 aliphatic rings. The van der Waals surface area contributed by atoms with Gasteiger partial charge in [-0.15, -0.1) is 0 Å². The largest absolute Gasteiger partial charge is 0.481 e. The zero-order valence-corrected chi connectivity index (χ0v) is 6.29. The quantitative estimate of drug-likeness (QED) is 0.607. The fraction of sp³-hybridized carbons (Fsp3) is 0.375. The van der Waals surface area contributed by atoms with Crippen molar-refractivity contribution in [2.45, 2.75) is 13.8 Å². The summed E-state index contributed by atoms with van der Waals surface area (Å²) in [4.78, 5) is 10.3. The second-order valence-corrected chi connectivity index (χ2v) is 2.24. The summed E-state index contributed by atoms with van der Waals surface area (Å²) in [6, 6.07) is 0. The molecule has 0 rings (SSSR count). The van der Waals surface area contributed by atoms with Crippen LogP contribution in [0.3, 0.4) is 0 Å². The van der Waals surface area contributed by atoms with E-state index in [2.05, 4.69) is 6.58 Å². The molecule has 0 aromatic rings. The molecule has 2 nitrogen and oxygen atoms in total. The van der Waals surface area contributed by atoms with Gasteiger partial charge in [0.15, 0.2) is 0 Å². The highest BCUT2D eigenvalue weighted by Crippen LogP contribution is 2.02. The highest BCUT2D eigenvalue weighted by Gasteiger charge is 2.05. The van der Waals surface area contributed by atoms with Crippen LogP contribution in [0, 0.1) is 5.92 Å². The van der Waals surface area contributed by atoms with E-state index in [1.165, 1.54) is 0 Å². The van der Waals surface area contributed by atoms with Crippen molar-refractivity contribution >= 4 is 5.97 Å². The Labute approximate surface area is 60.9 Å². The molecule has 0 aromatic heterocycles. The molecule has 0 saturated carbocycles. The van der Waals surface area contributed by atoms with Gasteiger partial charge in [0, 0.05) is 0 Å². The van der Waals surface area contributed by atoms with Gasteiger partial charge >= 0.3 is 5.97 Å². The van der Waals surface area contributed by atoms with Crippen LogP contribution in [0.2, 0.25) is 0 Å². The first-order valence-corrected chi connectivity index (χ1v) is 3.11. The normalized spacial score (nSPS) is 14.4. The van der Waals surface area contributed by atoms with Crippen molar-refractivity contribution in [2.75, 3.05) is 0 Å². The van der Waals surface area contributed by atoms with Gasteiger partial charge in [0.05, 0.1) is 5.92 Å². The number of hydrogen-bond acceptors (Lipinski definition) is 1. The molecule has 2 heteroatoms. The third kappa shape index (κ3) is 3.07. The SMILES string of the molecule is C=C/C(C)=C\C(C)C(=O)O. The zero-order valence-electron chi connectivity index (χ0n) is 6.29. The van der Waals surface area contributed by atoms with Crippen molar-refractivity contribution in [3.05, 3.63) is 24.3 Å². The minimum absolute atomic E-state index is 0.419. The third-order valence-electron chi connectivity index (χ3n) is 1.22. The van der Waals surface area contributed by atoms with Crippen LogP contribution in [0.4, 0.5) is 0 Å². The summed E-state index contributed by atoms with van der Waals surface area (Å²) in [6.07, 6.45) is 3.30. The van der Waals surface area contributed by atoms with E-state index in [1.54, 1.807) is 19.1 Å². The van der Waals surface area contributed by atoms with Crippen molar-refractivity contribution in [1.29, 1.82) is 0 Å². The highest BCUT2D eigenvalue weighted by molar-refractivity contribution is 5.71. The second kappa shape index (κ2) is 3.88. The molecule has 0 aliphatic heterocycles. The van der Waals surface area contributed by atoms with Gasteiger partial charge in [0.1, 0.15) is 0 Å². The first kappa shape index (κ1) is 8.95. The van der Waals surface area contributed by atoms with Crippen molar-refractivity contribution < 1.29 is 9.90 Å². The van der Waals surface area contributed by atoms with E-state index >= 15 is 0 Å². The Hall–Kier alpha value is -1.05. The molecule has 0 saturated heterocycles. The molecule has 1 atom stereocenters. The van der Waals surface area contributed by atoms with Gasteiger partial charge in [0.2, 0.25) is 0 Å². The molecule has 0 bridgehead atoms. The maximum Gasteiger partial charge on any atom is 0.310 e. The van der Waals surface area contributed by atoms with E-state index < -0.39 is 11.9 Å². The maximum atomic E-state index is 10.3. The van der Waals surface area contributed by atoms with Crippen LogP contribution in [-0.4, -0.2) is 11.1 Å². The van der Waals surface area contributed by atoms with Gasteiger partial charge in [-0.1, -0.05) is 24.3 Å². The molecule has 0 fully saturated rings. The smallest absolute Gasteiger partial charge is 0.310 e. The number of allylic oxidation sites excluding steroid dienone is 2. The molecular weight excluding hydrogens is 128 g/mol. The Kier molecular flexibility index (Phi) is 3.47. The predicted molar refractivity (Wildman–Crippen MR) is 40.8 cm³/mol. The average Bonchev–Trinajstić information content (AvgIpc) is 1.87. The summed E-state index contributed by atoms with van der Waals surface area (Å²) in [5.74, 6) is -1.22. The van der Waals surface area contributed by atoms with E-state index in [9.17, 15) is 4.79 Å². The van der Waals surface area contributed by atoms with Crippen LogP contribution in [0.15, 0.2) is 24.3 Å². The van der Waals surface area contributed by atoms with Gasteiger partial charge in [-0.25, -0.2) is 0 Å². The Morgan fingerprint density at radius 2 is 2.20 bits per heavy atom. The lowest BCUT2D eigenvalue weighted by Crippen LogP contribution is -2.06. The van der Waals surface area contributed by atoms with Crippen LogP contribution >= 0.6 is 0 Å². The van der Waals surface area contributed by atoms with E-state index in [0.717, 1.165) is 5.57 Å². The molecule has 56 valence electrons. The monoisotopic (exact) mass is 140 g/mol. The van der Waals surface area contributed by atoms with Crippen molar-refractivity contribution in [2.24, 2.45) is 5.92 Å². The Morgan fingerprint density at radius 3 is 2.50 bits per heavy atom. The predicted octanol–water partition coefficient (Wildman–Crippen LogP) is 1.84. The Bertz CT molecular complexity index is 168. The van der Waals surface area contributed by atoms with Gasteiger partial charge in [0.25, 0.3) is 0 Å². The number of rotatable bonds is 3. The van der Waals surface area contributed by atoms with Gasteiger partial charge in [-0.3, -0.25) is 4.79 Å². The van der Waals surface area contributed by atoms with Crippen LogP contribution in [0.25, 0.3) is 0 Å². The van der Waals surface area contributed by atoms with Gasteiger partial charge in [-0.2, -0.15) is 0 Å². The molecule has 0 spiro atoms. The molecule has 10 heavy (non-hydrogen) atoms. The summed E-state index contributed by atoms with van der Waals surface area (Å²) in [7, 11) is 0. The van der Waals surface area contributed by atoms with Crippen LogP contribution in [-0.2, 0) is 4.79 Å². The van der Waals surface area contributed by atoms with Crippen molar-refractivity contribution in [1.82, 2.24) is 0 Å². The third-order valence-corrected chi connectivity index (χ3v) is 1.22. The van der Waals surface area contributed by atoms with E-state index in [4.69, 9.17) is 5.11 Å². The maximum absolute atomic E-state index is 10.3. The number of carboxylic acids is 1. The fourth-order valence-electron chi connectivity index (χ4n) is 0.534. The Balaban J connectivity index is 4.11. The molecule has 0 aliphatic carbocycles. The number of hydrogen-bond donors (Lipinski definition) is 1. The molecule has 0 radical (unpaired) electrons. The van der Waals surface area contributed by atoms with E-state index in [0.29, 0.717) is 0 Å². The first-order chi connectivity index (χ1) is 4.57. The molecule has 1 unspecified atom stereocenters. The molecule has 0 heterocycles. The summed E-state index contributed by atoms with van der Waals surface area (Å²) in [5, 5.41) is 8.45. The van der Waals surface area contributed by atoms with Crippen LogP contribution < -0.4 is 0 Å². The minimum atomic E-state index is -0.804. The lowest BCUT2D eigenvalue weighted by Gasteiger charge is -1.98. The summed E-state index contributed by atoms with van der Waals surface area (Å²) < 4.78 is 0. The molecule has 0 amide bonds. The summed E-state index contributed by atoms with van der Waals surface area (Å²) >= 11 is 0. The number of carbonyl (C=O) groups is 1. The summed E-state index contributed by atoms with van der Waals surface area (Å²) in [5.41, 5.74) is 0.898. The lowest BCUT2D eigenvalue weighted by molar-refractivity contribution is -0.139. The topological polar surface area (TPSA) is 37.3 Å². The first-order valence-electron chi connectivity index (χ1n) is 3.11. The molecule has 0 aromatic carbocycles. The minimum Gasteiger partial charge on any atom is -0.481 e. The standard InChI is InChI=1S/C8H12O2/c1-4-6(2)5-7(3)8(9)10/h4-5,7H,1H2,2-3H3,(H,9,10)/b6-5-. The number of carboxylic acid groups (broad SMARTS) is 1. The van der Waals surface area contributed by atoms with Gasteiger partial charge < -0.3 is 5.11 Å². The van der Waals surface area contributed by atoms with Crippen molar-refractivity contribution in [3.63, 3.8) is 0 Å². The molecule has 1 N–H and O–H groups in total. The Morgan fingerprint density at radius 1 is 1.70 bits per heavy atom.